The van der Waals surface area contributed by atoms with Crippen LogP contribution in [0.3, 0.4) is 0 Å². The predicted molar refractivity (Wildman–Crippen MR) is 153 cm³/mol. The minimum Gasteiger partial charge on any atom is -0.508 e. The van der Waals surface area contributed by atoms with Crippen LogP contribution >= 0.6 is 0 Å². The molecule has 0 bridgehead atoms. The molecule has 0 radical (unpaired) electrons. The van der Waals surface area contributed by atoms with Gasteiger partial charge in [-0.15, -0.1) is 0 Å². The molecule has 4 rings (SSSR count). The maximum Gasteiger partial charge on any atom is 0.408 e. The normalized spacial score (nSPS) is 15.9. The summed E-state index contributed by atoms with van der Waals surface area (Å²) in [6, 6.07) is 24.1. The maximum atomic E-state index is 14.3. The maximum absolute atomic E-state index is 14.3. The standard InChI is InChI=1S/C32H37N3O5/c1-32(2,3)40-31(39)34-28(27(23-13-6-4-7-14-23)24-15-8-5-9-16-24)30(38)35-19-11-18-26(35)29(37)33-21-22-12-10-17-25(36)20-22/h4-10,12-17,20,26-28,36H,11,18-19,21H2,1-3H3,(H,33,37)(H,34,39)/t26-,28+/m0/s1. The van der Waals surface area contributed by atoms with Crippen LogP contribution in [0.15, 0.2) is 84.9 Å². The second kappa shape index (κ2) is 12.7. The van der Waals surface area contributed by atoms with E-state index in [1.54, 1.807) is 43.9 Å². The summed E-state index contributed by atoms with van der Waals surface area (Å²) < 4.78 is 5.55. The number of likely N-dealkylation sites (tertiary alicyclic amines) is 1. The van der Waals surface area contributed by atoms with Crippen LogP contribution in [0.1, 0.15) is 56.2 Å². The Morgan fingerprint density at radius 1 is 0.950 bits per heavy atom. The number of amides is 3. The molecule has 1 fully saturated rings. The average Bonchev–Trinajstić information content (AvgIpc) is 3.41. The molecular weight excluding hydrogens is 506 g/mol. The van der Waals surface area contributed by atoms with E-state index < -0.39 is 29.7 Å². The third-order valence-corrected chi connectivity index (χ3v) is 6.80. The predicted octanol–water partition coefficient (Wildman–Crippen LogP) is 4.72. The van der Waals surface area contributed by atoms with Gasteiger partial charge in [-0.05, 0) is 62.4 Å². The van der Waals surface area contributed by atoms with Gasteiger partial charge in [-0.2, -0.15) is 0 Å². The van der Waals surface area contributed by atoms with Gasteiger partial charge in [0, 0.05) is 19.0 Å². The lowest BCUT2D eigenvalue weighted by atomic mass is 9.84. The molecule has 1 heterocycles. The summed E-state index contributed by atoms with van der Waals surface area (Å²) in [4.78, 5) is 42.2. The number of hydrogen-bond donors (Lipinski definition) is 3. The van der Waals surface area contributed by atoms with E-state index in [0.29, 0.717) is 19.4 Å². The smallest absolute Gasteiger partial charge is 0.408 e. The molecule has 8 heteroatoms. The Labute approximate surface area is 235 Å². The van der Waals surface area contributed by atoms with E-state index in [0.717, 1.165) is 16.7 Å². The Morgan fingerprint density at radius 3 is 2.15 bits per heavy atom. The zero-order valence-electron chi connectivity index (χ0n) is 23.2. The number of rotatable bonds is 8. The summed E-state index contributed by atoms with van der Waals surface area (Å²) in [6.45, 7) is 5.92. The Kier molecular flexibility index (Phi) is 9.09. The first-order valence-electron chi connectivity index (χ1n) is 13.6. The number of aromatic hydroxyl groups is 1. The fourth-order valence-corrected chi connectivity index (χ4v) is 5.08. The second-order valence-electron chi connectivity index (χ2n) is 11.0. The molecule has 3 aromatic carbocycles. The molecule has 0 aromatic heterocycles. The van der Waals surface area contributed by atoms with Crippen molar-refractivity contribution in [3.05, 3.63) is 102 Å². The molecule has 0 spiro atoms. The molecule has 210 valence electrons. The van der Waals surface area contributed by atoms with Crippen LogP contribution in [0.2, 0.25) is 0 Å². The van der Waals surface area contributed by atoms with Crippen LogP contribution in [0, 0.1) is 0 Å². The Morgan fingerprint density at radius 2 is 1.57 bits per heavy atom. The zero-order chi connectivity index (χ0) is 28.7. The number of alkyl carbamates (subject to hydrolysis) is 1. The van der Waals surface area contributed by atoms with Crippen LogP contribution < -0.4 is 10.6 Å². The van der Waals surface area contributed by atoms with Gasteiger partial charge in [-0.3, -0.25) is 9.59 Å². The molecule has 3 aromatic rings. The monoisotopic (exact) mass is 543 g/mol. The quantitative estimate of drug-likeness (QED) is 0.381. The lowest BCUT2D eigenvalue weighted by Gasteiger charge is -2.34. The number of nitrogens with one attached hydrogen (secondary N) is 2. The van der Waals surface area contributed by atoms with Gasteiger partial charge >= 0.3 is 6.09 Å². The molecule has 40 heavy (non-hydrogen) atoms. The van der Waals surface area contributed by atoms with Gasteiger partial charge in [0.05, 0.1) is 0 Å². The topological polar surface area (TPSA) is 108 Å². The van der Waals surface area contributed by atoms with Crippen LogP contribution in [-0.4, -0.2) is 52.1 Å². The van der Waals surface area contributed by atoms with Crippen molar-refractivity contribution in [2.75, 3.05) is 6.54 Å². The molecule has 3 N–H and O–H groups in total. The van der Waals surface area contributed by atoms with Crippen molar-refractivity contribution in [3.8, 4) is 5.75 Å². The van der Waals surface area contributed by atoms with Crippen molar-refractivity contribution >= 4 is 17.9 Å². The SMILES string of the molecule is CC(C)(C)OC(=O)N[C@@H](C(=O)N1CCC[C@H]1C(=O)NCc1cccc(O)c1)C(c1ccccc1)c1ccccc1. The number of carbonyl (C=O) groups is 3. The summed E-state index contributed by atoms with van der Waals surface area (Å²) in [6.07, 6.45) is 0.473. The molecule has 2 atom stereocenters. The summed E-state index contributed by atoms with van der Waals surface area (Å²) >= 11 is 0. The highest BCUT2D eigenvalue weighted by atomic mass is 16.6. The van der Waals surface area contributed by atoms with Crippen molar-refractivity contribution in [2.45, 2.75) is 63.8 Å². The number of phenols is 1. The van der Waals surface area contributed by atoms with E-state index in [-0.39, 0.29) is 24.1 Å². The van der Waals surface area contributed by atoms with E-state index in [4.69, 9.17) is 4.74 Å². The van der Waals surface area contributed by atoms with Gasteiger partial charge in [0.1, 0.15) is 23.4 Å². The molecule has 0 saturated carbocycles. The molecule has 3 amide bonds. The average molecular weight is 544 g/mol. The molecule has 8 nitrogen and oxygen atoms in total. The van der Waals surface area contributed by atoms with E-state index >= 15 is 0 Å². The highest BCUT2D eigenvalue weighted by Crippen LogP contribution is 2.31. The fraction of sp³-hybridized carbons (Fsp3) is 0.344. The first-order chi connectivity index (χ1) is 19.1. The fourth-order valence-electron chi connectivity index (χ4n) is 5.08. The van der Waals surface area contributed by atoms with Crippen molar-refractivity contribution in [3.63, 3.8) is 0 Å². The van der Waals surface area contributed by atoms with Crippen molar-refractivity contribution in [1.82, 2.24) is 15.5 Å². The van der Waals surface area contributed by atoms with E-state index in [1.807, 2.05) is 66.7 Å². The van der Waals surface area contributed by atoms with Crippen molar-refractivity contribution in [2.24, 2.45) is 0 Å². The van der Waals surface area contributed by atoms with Gasteiger partial charge in [0.2, 0.25) is 11.8 Å². The lowest BCUT2D eigenvalue weighted by Crippen LogP contribution is -2.56. The number of benzene rings is 3. The number of phenolic OH excluding ortho intramolecular Hbond substituents is 1. The minimum atomic E-state index is -1.01. The summed E-state index contributed by atoms with van der Waals surface area (Å²) in [7, 11) is 0. The lowest BCUT2D eigenvalue weighted by molar-refractivity contribution is -0.140. The largest absolute Gasteiger partial charge is 0.508 e. The first-order valence-corrected chi connectivity index (χ1v) is 13.6. The van der Waals surface area contributed by atoms with Crippen molar-refractivity contribution in [1.29, 1.82) is 0 Å². The molecular formula is C32H37N3O5. The molecule has 0 unspecified atom stereocenters. The number of nitrogens with zero attached hydrogens (tertiary/aromatic N) is 1. The zero-order valence-corrected chi connectivity index (χ0v) is 23.2. The van der Waals surface area contributed by atoms with Crippen LogP contribution in [0.5, 0.6) is 5.75 Å². The highest BCUT2D eigenvalue weighted by molar-refractivity contribution is 5.93. The Bertz CT molecular complexity index is 1270. The highest BCUT2D eigenvalue weighted by Gasteiger charge is 2.42. The second-order valence-corrected chi connectivity index (χ2v) is 11.0. The summed E-state index contributed by atoms with van der Waals surface area (Å²) in [5.74, 6) is -1.02. The summed E-state index contributed by atoms with van der Waals surface area (Å²) in [5, 5.41) is 15.5. The number of hydrogen-bond acceptors (Lipinski definition) is 5. The van der Waals surface area contributed by atoms with E-state index in [1.165, 1.54) is 0 Å². The first kappa shape index (κ1) is 28.7. The van der Waals surface area contributed by atoms with Crippen LogP contribution in [-0.2, 0) is 20.9 Å². The molecule has 1 saturated heterocycles. The van der Waals surface area contributed by atoms with Gasteiger partial charge < -0.3 is 25.4 Å². The third kappa shape index (κ3) is 7.40. The molecule has 0 aliphatic carbocycles. The Hall–Kier alpha value is -4.33. The molecule has 1 aliphatic rings. The van der Waals surface area contributed by atoms with Gasteiger partial charge in [0.15, 0.2) is 0 Å². The Balaban J connectivity index is 1.64. The van der Waals surface area contributed by atoms with E-state index in [9.17, 15) is 19.5 Å². The van der Waals surface area contributed by atoms with Crippen molar-refractivity contribution < 1.29 is 24.2 Å². The van der Waals surface area contributed by atoms with E-state index in [2.05, 4.69) is 10.6 Å². The number of carbonyl (C=O) groups excluding carboxylic acids is 3. The molecule has 1 aliphatic heterocycles. The van der Waals surface area contributed by atoms with Crippen LogP contribution in [0.4, 0.5) is 4.79 Å². The third-order valence-electron chi connectivity index (χ3n) is 6.80. The van der Waals surface area contributed by atoms with Gasteiger partial charge in [-0.25, -0.2) is 4.79 Å². The van der Waals surface area contributed by atoms with Crippen LogP contribution in [0.25, 0.3) is 0 Å². The summed E-state index contributed by atoms with van der Waals surface area (Å²) in [5.41, 5.74) is 1.70. The minimum absolute atomic E-state index is 0.119. The van der Waals surface area contributed by atoms with Gasteiger partial charge in [-0.1, -0.05) is 72.8 Å². The number of ether oxygens (including phenoxy) is 1. The van der Waals surface area contributed by atoms with Gasteiger partial charge in [0.25, 0.3) is 0 Å².